The molecule has 0 spiro atoms. The van der Waals surface area contributed by atoms with Crippen molar-refractivity contribution in [3.63, 3.8) is 0 Å². The fourth-order valence-corrected chi connectivity index (χ4v) is 1.55. The highest BCUT2D eigenvalue weighted by atomic mass is 35.5. The Bertz CT molecular complexity index is 352. The highest BCUT2D eigenvalue weighted by molar-refractivity contribution is 6.32. The van der Waals surface area contributed by atoms with Gasteiger partial charge in [-0.05, 0) is 24.2 Å². The number of hydrogen-bond donors (Lipinski definition) is 1. The topological polar surface area (TPSA) is 51.2 Å². The van der Waals surface area contributed by atoms with Crippen LogP contribution >= 0.6 is 23.2 Å². The molecule has 88 valence electrons. The summed E-state index contributed by atoms with van der Waals surface area (Å²) < 4.78 is 4.99. The van der Waals surface area contributed by atoms with Gasteiger partial charge in [0, 0.05) is 0 Å². The van der Waals surface area contributed by atoms with Gasteiger partial charge in [0.15, 0.2) is 0 Å². The lowest BCUT2D eigenvalue weighted by Crippen LogP contribution is -2.24. The molecule has 0 aliphatic heterocycles. The van der Waals surface area contributed by atoms with Gasteiger partial charge >= 0.3 is 5.97 Å². The van der Waals surface area contributed by atoms with E-state index in [1.54, 1.807) is 12.1 Å². The lowest BCUT2D eigenvalue weighted by atomic mass is 10.3. The van der Waals surface area contributed by atoms with Crippen molar-refractivity contribution >= 4 is 29.2 Å². The molecule has 0 aliphatic carbocycles. The number of nitrogens with one attached hydrogen (secondary N) is 1. The summed E-state index contributed by atoms with van der Waals surface area (Å²) in [5.41, 5.74) is 0.717. The fraction of sp³-hybridized carbons (Fsp3) is 0.400. The molecule has 0 bridgehead atoms. The Kier molecular flexibility index (Phi) is 5.52. The number of pyridine rings is 1. The second-order valence-electron chi connectivity index (χ2n) is 3.06. The number of halogens is 2. The third-order valence-corrected chi connectivity index (χ3v) is 2.13. The Balaban J connectivity index is 2.45. The van der Waals surface area contributed by atoms with Crippen molar-refractivity contribution in [2.75, 3.05) is 13.1 Å². The maximum Gasteiger partial charge on any atom is 0.320 e. The summed E-state index contributed by atoms with van der Waals surface area (Å²) in [7, 11) is 0. The van der Waals surface area contributed by atoms with Gasteiger partial charge in [0.2, 0.25) is 0 Å². The quantitative estimate of drug-likeness (QED) is 0.652. The van der Waals surface area contributed by atoms with Gasteiger partial charge in [-0.15, -0.1) is 0 Å². The van der Waals surface area contributed by atoms with Crippen LogP contribution in [0.25, 0.3) is 0 Å². The van der Waals surface area contributed by atoms with Gasteiger partial charge in [0.1, 0.15) is 16.9 Å². The number of aromatic nitrogens is 1. The van der Waals surface area contributed by atoms with Crippen molar-refractivity contribution in [3.05, 3.63) is 28.0 Å². The molecular weight excluding hydrogens is 251 g/mol. The number of carbonyl (C=O) groups is 1. The molecule has 0 amide bonds. The first-order valence-electron chi connectivity index (χ1n) is 4.80. The second kappa shape index (κ2) is 6.68. The summed E-state index contributed by atoms with van der Waals surface area (Å²) in [6.45, 7) is 2.98. The minimum Gasteiger partial charge on any atom is -0.460 e. The Morgan fingerprint density at radius 2 is 2.06 bits per heavy atom. The molecule has 0 saturated heterocycles. The predicted molar refractivity (Wildman–Crippen MR) is 62.6 cm³/mol. The van der Waals surface area contributed by atoms with Gasteiger partial charge in [-0.3, -0.25) is 4.79 Å². The maximum absolute atomic E-state index is 11.2. The Morgan fingerprint density at radius 3 is 2.62 bits per heavy atom. The number of nitrogens with zero attached hydrogens (tertiary/aromatic N) is 1. The molecule has 16 heavy (non-hydrogen) atoms. The van der Waals surface area contributed by atoms with Crippen LogP contribution in [0.1, 0.15) is 12.5 Å². The van der Waals surface area contributed by atoms with E-state index >= 15 is 0 Å². The summed E-state index contributed by atoms with van der Waals surface area (Å²) in [6.07, 6.45) is 0. The van der Waals surface area contributed by atoms with Crippen LogP contribution in [0.3, 0.4) is 0 Å². The molecule has 0 aliphatic rings. The average Bonchev–Trinajstić information content (AvgIpc) is 2.22. The zero-order chi connectivity index (χ0) is 12.0. The maximum atomic E-state index is 11.2. The number of rotatable bonds is 5. The SMILES string of the molecule is CCNCC(=O)OCc1cc(Cl)nc(Cl)c1. The van der Waals surface area contributed by atoms with Crippen LogP contribution in [0.4, 0.5) is 0 Å². The van der Waals surface area contributed by atoms with Gasteiger partial charge < -0.3 is 10.1 Å². The lowest BCUT2D eigenvalue weighted by Gasteiger charge is -2.05. The minimum atomic E-state index is -0.314. The normalized spacial score (nSPS) is 10.2. The third kappa shape index (κ3) is 4.79. The Labute approximate surface area is 104 Å². The van der Waals surface area contributed by atoms with Crippen LogP contribution in [0, 0.1) is 0 Å². The van der Waals surface area contributed by atoms with E-state index in [-0.39, 0.29) is 29.4 Å². The zero-order valence-corrected chi connectivity index (χ0v) is 10.3. The molecule has 1 aromatic rings. The first kappa shape index (κ1) is 13.2. The molecule has 6 heteroatoms. The van der Waals surface area contributed by atoms with E-state index in [1.807, 2.05) is 6.92 Å². The highest BCUT2D eigenvalue weighted by Gasteiger charge is 2.04. The van der Waals surface area contributed by atoms with E-state index in [1.165, 1.54) is 0 Å². The van der Waals surface area contributed by atoms with Crippen molar-refractivity contribution in [2.45, 2.75) is 13.5 Å². The van der Waals surface area contributed by atoms with Crippen molar-refractivity contribution in [2.24, 2.45) is 0 Å². The lowest BCUT2D eigenvalue weighted by molar-refractivity contribution is -0.143. The van der Waals surface area contributed by atoms with Gasteiger partial charge in [-0.2, -0.15) is 0 Å². The minimum absolute atomic E-state index is 0.145. The molecule has 4 nitrogen and oxygen atoms in total. The molecule has 1 heterocycles. The molecular formula is C10H12Cl2N2O2. The Hall–Kier alpha value is -0.840. The van der Waals surface area contributed by atoms with Crippen LogP contribution in [-0.2, 0) is 16.1 Å². The summed E-state index contributed by atoms with van der Waals surface area (Å²) in [5.74, 6) is -0.314. The molecule has 0 atom stereocenters. The van der Waals surface area contributed by atoms with Crippen LogP contribution < -0.4 is 5.32 Å². The molecule has 0 radical (unpaired) electrons. The van der Waals surface area contributed by atoms with Crippen molar-refractivity contribution in [1.29, 1.82) is 0 Å². The molecule has 0 unspecified atom stereocenters. The smallest absolute Gasteiger partial charge is 0.320 e. The second-order valence-corrected chi connectivity index (χ2v) is 3.84. The number of hydrogen-bond acceptors (Lipinski definition) is 4. The standard InChI is InChI=1S/C10H12Cl2N2O2/c1-2-13-5-10(15)16-6-7-3-8(11)14-9(12)4-7/h3-4,13H,2,5-6H2,1H3. The van der Waals surface area contributed by atoms with E-state index in [0.29, 0.717) is 0 Å². The zero-order valence-electron chi connectivity index (χ0n) is 8.80. The fourth-order valence-electron chi connectivity index (χ4n) is 1.04. The first-order chi connectivity index (χ1) is 7.61. The van der Waals surface area contributed by atoms with E-state index in [2.05, 4.69) is 10.3 Å². The highest BCUT2D eigenvalue weighted by Crippen LogP contribution is 2.15. The van der Waals surface area contributed by atoms with Gasteiger partial charge in [0.25, 0.3) is 0 Å². The molecule has 0 saturated carbocycles. The number of likely N-dealkylation sites (N-methyl/N-ethyl adjacent to an activating group) is 1. The molecule has 1 aromatic heterocycles. The molecule has 1 N–H and O–H groups in total. The van der Waals surface area contributed by atoms with Crippen molar-refractivity contribution < 1.29 is 9.53 Å². The van der Waals surface area contributed by atoms with Crippen LogP contribution in [0.5, 0.6) is 0 Å². The monoisotopic (exact) mass is 262 g/mol. The predicted octanol–water partition coefficient (Wildman–Crippen LogP) is 2.04. The van der Waals surface area contributed by atoms with E-state index in [0.717, 1.165) is 12.1 Å². The summed E-state index contributed by atoms with van der Waals surface area (Å²) >= 11 is 11.4. The van der Waals surface area contributed by atoms with E-state index in [4.69, 9.17) is 27.9 Å². The molecule has 0 fully saturated rings. The number of carbonyl (C=O) groups excluding carboxylic acids is 1. The summed E-state index contributed by atoms with van der Waals surface area (Å²) in [4.78, 5) is 15.0. The first-order valence-corrected chi connectivity index (χ1v) is 5.55. The van der Waals surface area contributed by atoms with Crippen molar-refractivity contribution in [3.8, 4) is 0 Å². The largest absolute Gasteiger partial charge is 0.460 e. The van der Waals surface area contributed by atoms with Gasteiger partial charge in [0.05, 0.1) is 6.54 Å². The van der Waals surface area contributed by atoms with Gasteiger partial charge in [-0.1, -0.05) is 30.1 Å². The Morgan fingerprint density at radius 1 is 1.44 bits per heavy atom. The average molecular weight is 263 g/mol. The van der Waals surface area contributed by atoms with Gasteiger partial charge in [-0.25, -0.2) is 4.98 Å². The summed E-state index contributed by atoms with van der Waals surface area (Å²) in [5, 5.41) is 3.43. The van der Waals surface area contributed by atoms with E-state index < -0.39 is 0 Å². The van der Waals surface area contributed by atoms with Crippen LogP contribution in [-0.4, -0.2) is 24.0 Å². The van der Waals surface area contributed by atoms with Crippen LogP contribution in [0.2, 0.25) is 10.3 Å². The summed E-state index contributed by atoms with van der Waals surface area (Å²) in [6, 6.07) is 3.21. The molecule has 0 aromatic carbocycles. The third-order valence-electron chi connectivity index (χ3n) is 1.74. The van der Waals surface area contributed by atoms with Crippen molar-refractivity contribution in [1.82, 2.24) is 10.3 Å². The van der Waals surface area contributed by atoms with E-state index in [9.17, 15) is 4.79 Å². The molecule has 1 rings (SSSR count). The number of esters is 1. The van der Waals surface area contributed by atoms with Crippen LogP contribution in [0.15, 0.2) is 12.1 Å². The number of ether oxygens (including phenoxy) is 1.